The minimum absolute atomic E-state index is 0.104. The lowest BCUT2D eigenvalue weighted by Crippen LogP contribution is -2.35. The number of aromatic nitrogens is 1. The SMILES string of the molecule is CCC(CC)(CC)Nc1nc2cc(F)ccc2s1. The molecule has 0 spiro atoms. The topological polar surface area (TPSA) is 24.9 Å². The molecule has 1 N–H and O–H groups in total. The van der Waals surface area contributed by atoms with Crippen LogP contribution in [0.25, 0.3) is 10.2 Å². The van der Waals surface area contributed by atoms with E-state index in [0.717, 1.165) is 34.6 Å². The third kappa shape index (κ3) is 2.48. The van der Waals surface area contributed by atoms with E-state index in [4.69, 9.17) is 0 Å². The van der Waals surface area contributed by atoms with Gasteiger partial charge in [0.1, 0.15) is 5.82 Å². The summed E-state index contributed by atoms with van der Waals surface area (Å²) in [7, 11) is 0. The Morgan fingerprint density at radius 2 is 1.89 bits per heavy atom. The average Bonchev–Trinajstić information content (AvgIpc) is 2.77. The molecule has 0 radical (unpaired) electrons. The van der Waals surface area contributed by atoms with Crippen LogP contribution in [-0.4, -0.2) is 10.5 Å². The highest BCUT2D eigenvalue weighted by molar-refractivity contribution is 7.22. The number of nitrogens with zero attached hydrogens (tertiary/aromatic N) is 1. The van der Waals surface area contributed by atoms with Crippen molar-refractivity contribution in [1.29, 1.82) is 0 Å². The van der Waals surface area contributed by atoms with Crippen molar-refractivity contribution in [2.45, 2.75) is 45.6 Å². The summed E-state index contributed by atoms with van der Waals surface area (Å²) >= 11 is 1.59. The molecule has 0 amide bonds. The van der Waals surface area contributed by atoms with Gasteiger partial charge in [0.15, 0.2) is 5.13 Å². The molecule has 2 nitrogen and oxygen atoms in total. The van der Waals surface area contributed by atoms with Gasteiger partial charge in [-0.05, 0) is 31.4 Å². The monoisotopic (exact) mass is 266 g/mol. The molecule has 18 heavy (non-hydrogen) atoms. The number of nitrogens with one attached hydrogen (secondary N) is 1. The minimum atomic E-state index is -0.230. The van der Waals surface area contributed by atoms with Crippen LogP contribution in [0.2, 0.25) is 0 Å². The number of fused-ring (bicyclic) bond motifs is 1. The molecule has 0 fully saturated rings. The first-order valence-corrected chi connectivity index (χ1v) is 7.28. The molecule has 0 aliphatic carbocycles. The summed E-state index contributed by atoms with van der Waals surface area (Å²) in [5.41, 5.74) is 0.839. The van der Waals surface area contributed by atoms with E-state index in [0.29, 0.717) is 0 Å². The van der Waals surface area contributed by atoms with Gasteiger partial charge in [0, 0.05) is 11.6 Å². The van der Waals surface area contributed by atoms with Gasteiger partial charge in [-0.3, -0.25) is 0 Å². The molecule has 1 aromatic heterocycles. The summed E-state index contributed by atoms with van der Waals surface area (Å²) < 4.78 is 14.2. The van der Waals surface area contributed by atoms with Gasteiger partial charge in [0.25, 0.3) is 0 Å². The van der Waals surface area contributed by atoms with Gasteiger partial charge < -0.3 is 5.32 Å². The van der Waals surface area contributed by atoms with Crippen molar-refractivity contribution in [2.24, 2.45) is 0 Å². The van der Waals surface area contributed by atoms with E-state index in [1.165, 1.54) is 12.1 Å². The van der Waals surface area contributed by atoms with Gasteiger partial charge in [-0.2, -0.15) is 0 Å². The van der Waals surface area contributed by atoms with Crippen LogP contribution in [0.15, 0.2) is 18.2 Å². The quantitative estimate of drug-likeness (QED) is 0.839. The molecule has 0 saturated heterocycles. The second-order valence-corrected chi connectivity index (χ2v) is 5.63. The molecular formula is C14H19FN2S. The zero-order valence-corrected chi connectivity index (χ0v) is 11.9. The third-order valence-electron chi connectivity index (χ3n) is 3.75. The Balaban J connectivity index is 2.31. The largest absolute Gasteiger partial charge is 0.356 e. The Morgan fingerprint density at radius 1 is 1.22 bits per heavy atom. The molecule has 2 aromatic rings. The highest BCUT2D eigenvalue weighted by Crippen LogP contribution is 2.31. The summed E-state index contributed by atoms with van der Waals surface area (Å²) in [6.45, 7) is 6.56. The molecule has 1 aromatic carbocycles. The summed E-state index contributed by atoms with van der Waals surface area (Å²) in [5.74, 6) is -0.230. The molecule has 2 rings (SSSR count). The van der Waals surface area contributed by atoms with Crippen molar-refractivity contribution in [2.75, 3.05) is 5.32 Å². The summed E-state index contributed by atoms with van der Waals surface area (Å²) in [5, 5.41) is 4.43. The van der Waals surface area contributed by atoms with Crippen molar-refractivity contribution in [3.63, 3.8) is 0 Å². The number of thiazole rings is 1. The molecule has 0 saturated carbocycles. The molecular weight excluding hydrogens is 247 g/mol. The van der Waals surface area contributed by atoms with Crippen molar-refractivity contribution in [3.05, 3.63) is 24.0 Å². The fourth-order valence-corrected chi connectivity index (χ4v) is 3.16. The van der Waals surface area contributed by atoms with Crippen LogP contribution < -0.4 is 5.32 Å². The van der Waals surface area contributed by atoms with Crippen LogP contribution in [0.1, 0.15) is 40.0 Å². The molecule has 0 bridgehead atoms. The first kappa shape index (κ1) is 13.3. The van der Waals surface area contributed by atoms with Crippen LogP contribution in [0.3, 0.4) is 0 Å². The van der Waals surface area contributed by atoms with Crippen molar-refractivity contribution in [3.8, 4) is 0 Å². The van der Waals surface area contributed by atoms with E-state index >= 15 is 0 Å². The molecule has 0 unspecified atom stereocenters. The van der Waals surface area contributed by atoms with Crippen LogP contribution in [0.4, 0.5) is 9.52 Å². The van der Waals surface area contributed by atoms with E-state index < -0.39 is 0 Å². The predicted octanol–water partition coefficient (Wildman–Crippen LogP) is 4.82. The second-order valence-electron chi connectivity index (χ2n) is 4.60. The Labute approximate surface area is 111 Å². The zero-order chi connectivity index (χ0) is 13.2. The fourth-order valence-electron chi connectivity index (χ4n) is 2.20. The Morgan fingerprint density at radius 3 is 2.50 bits per heavy atom. The molecule has 1 heterocycles. The number of hydrogen-bond donors (Lipinski definition) is 1. The Hall–Kier alpha value is -1.16. The van der Waals surface area contributed by atoms with Crippen LogP contribution in [0, 0.1) is 5.82 Å². The van der Waals surface area contributed by atoms with Crippen LogP contribution >= 0.6 is 11.3 Å². The number of anilines is 1. The standard InChI is InChI=1S/C14H19FN2S/c1-4-14(5-2,6-3)17-13-16-11-9-10(15)7-8-12(11)18-13/h7-9H,4-6H2,1-3H3,(H,16,17). The lowest BCUT2D eigenvalue weighted by molar-refractivity contribution is 0.420. The summed E-state index contributed by atoms with van der Waals surface area (Å²) in [6, 6.07) is 4.76. The van der Waals surface area contributed by atoms with Gasteiger partial charge in [-0.1, -0.05) is 32.1 Å². The van der Waals surface area contributed by atoms with E-state index in [2.05, 4.69) is 31.1 Å². The van der Waals surface area contributed by atoms with Crippen LogP contribution in [0.5, 0.6) is 0 Å². The maximum absolute atomic E-state index is 13.1. The predicted molar refractivity (Wildman–Crippen MR) is 76.8 cm³/mol. The molecule has 0 atom stereocenters. The van der Waals surface area contributed by atoms with Crippen molar-refractivity contribution in [1.82, 2.24) is 4.98 Å². The third-order valence-corrected chi connectivity index (χ3v) is 4.70. The highest BCUT2D eigenvalue weighted by Gasteiger charge is 2.24. The maximum Gasteiger partial charge on any atom is 0.184 e. The minimum Gasteiger partial charge on any atom is -0.356 e. The van der Waals surface area contributed by atoms with Crippen molar-refractivity contribution < 1.29 is 4.39 Å². The maximum atomic E-state index is 13.1. The Bertz CT molecular complexity index is 523. The van der Waals surface area contributed by atoms with Gasteiger partial charge in [0.2, 0.25) is 0 Å². The lowest BCUT2D eigenvalue weighted by atomic mass is 9.90. The summed E-state index contributed by atoms with van der Waals surface area (Å²) in [6.07, 6.45) is 3.18. The molecule has 0 aliphatic rings. The van der Waals surface area contributed by atoms with E-state index in [1.54, 1.807) is 17.4 Å². The first-order valence-electron chi connectivity index (χ1n) is 6.46. The van der Waals surface area contributed by atoms with Gasteiger partial charge >= 0.3 is 0 Å². The van der Waals surface area contributed by atoms with E-state index in [1.807, 2.05) is 0 Å². The fraction of sp³-hybridized carbons (Fsp3) is 0.500. The molecule has 98 valence electrons. The number of halogens is 1. The summed E-state index contributed by atoms with van der Waals surface area (Å²) in [4.78, 5) is 4.47. The second kappa shape index (κ2) is 5.22. The zero-order valence-electron chi connectivity index (χ0n) is 11.1. The number of rotatable bonds is 5. The smallest absolute Gasteiger partial charge is 0.184 e. The van der Waals surface area contributed by atoms with E-state index in [9.17, 15) is 4.39 Å². The normalized spacial score (nSPS) is 12.0. The van der Waals surface area contributed by atoms with Crippen molar-refractivity contribution >= 4 is 26.7 Å². The molecule has 0 aliphatic heterocycles. The van der Waals surface area contributed by atoms with Gasteiger partial charge in [-0.25, -0.2) is 9.37 Å². The molecule has 4 heteroatoms. The highest BCUT2D eigenvalue weighted by atomic mass is 32.1. The number of hydrogen-bond acceptors (Lipinski definition) is 3. The van der Waals surface area contributed by atoms with E-state index in [-0.39, 0.29) is 11.4 Å². The Kier molecular flexibility index (Phi) is 3.85. The average molecular weight is 266 g/mol. The number of benzene rings is 1. The lowest BCUT2D eigenvalue weighted by Gasteiger charge is -2.31. The van der Waals surface area contributed by atoms with Crippen LogP contribution in [-0.2, 0) is 0 Å². The van der Waals surface area contributed by atoms with Gasteiger partial charge in [0.05, 0.1) is 10.2 Å². The first-order chi connectivity index (χ1) is 8.62. The van der Waals surface area contributed by atoms with Gasteiger partial charge in [-0.15, -0.1) is 0 Å².